The maximum atomic E-state index is 12.4. The second-order valence-corrected chi connectivity index (χ2v) is 7.62. The lowest BCUT2D eigenvalue weighted by atomic mass is 10.00. The van der Waals surface area contributed by atoms with E-state index < -0.39 is 6.10 Å². The van der Waals surface area contributed by atoms with Gasteiger partial charge in [-0.3, -0.25) is 9.69 Å². The second kappa shape index (κ2) is 8.77. The van der Waals surface area contributed by atoms with Crippen LogP contribution in [0.1, 0.15) is 27.3 Å². The summed E-state index contributed by atoms with van der Waals surface area (Å²) in [6.45, 7) is 3.99. The molecule has 1 aromatic heterocycles. The van der Waals surface area contributed by atoms with Gasteiger partial charge in [0.25, 0.3) is 5.91 Å². The monoisotopic (exact) mass is 382 g/mol. The van der Waals surface area contributed by atoms with Crippen molar-refractivity contribution in [2.45, 2.75) is 25.5 Å². The molecule has 1 atom stereocenters. The van der Waals surface area contributed by atoms with Crippen LogP contribution in [0.4, 0.5) is 0 Å². The van der Waals surface area contributed by atoms with Crippen LogP contribution in [0.25, 0.3) is 0 Å². The van der Waals surface area contributed by atoms with E-state index in [4.69, 9.17) is 4.74 Å². The van der Waals surface area contributed by atoms with Gasteiger partial charge in [-0.2, -0.15) is 0 Å². The van der Waals surface area contributed by atoms with Crippen LogP contribution in [-0.4, -0.2) is 64.8 Å². The molecule has 2 N–H and O–H groups in total. The minimum Gasteiger partial charge on any atom is -0.390 e. The van der Waals surface area contributed by atoms with E-state index in [1.165, 1.54) is 17.5 Å². The molecule has 28 heavy (non-hydrogen) atoms. The number of amides is 1. The molecule has 2 aliphatic rings. The Kier molecular flexibility index (Phi) is 5.95. The first kappa shape index (κ1) is 19.0. The summed E-state index contributed by atoms with van der Waals surface area (Å²) in [6.07, 6.45) is 2.58. The van der Waals surface area contributed by atoms with Crippen molar-refractivity contribution in [1.82, 2.24) is 20.2 Å². The molecule has 1 aromatic carbocycles. The van der Waals surface area contributed by atoms with Crippen LogP contribution >= 0.6 is 0 Å². The Hall–Kier alpha value is -2.35. The van der Waals surface area contributed by atoms with Gasteiger partial charge in [0.05, 0.1) is 19.3 Å². The highest BCUT2D eigenvalue weighted by molar-refractivity contribution is 5.92. The lowest BCUT2D eigenvalue weighted by Crippen LogP contribution is -2.42. The van der Waals surface area contributed by atoms with Crippen LogP contribution in [0.3, 0.4) is 0 Å². The normalized spacial score (nSPS) is 18.2. The highest BCUT2D eigenvalue weighted by Crippen LogP contribution is 2.18. The van der Waals surface area contributed by atoms with Crippen LogP contribution in [0.5, 0.6) is 0 Å². The van der Waals surface area contributed by atoms with Crippen LogP contribution in [0, 0.1) is 5.92 Å². The fraction of sp³-hybridized carbons (Fsp3) is 0.476. The van der Waals surface area contributed by atoms with Gasteiger partial charge in [-0.25, -0.2) is 9.97 Å². The number of β-amino-alcohol motifs (C(OH)–C–C–N with tert-alkyl or cyclic N) is 1. The largest absolute Gasteiger partial charge is 0.390 e. The third kappa shape index (κ3) is 4.73. The number of rotatable bonds is 7. The number of aliphatic hydroxyl groups excluding tert-OH is 1. The van der Waals surface area contributed by atoms with Crippen molar-refractivity contribution >= 4 is 5.91 Å². The summed E-state index contributed by atoms with van der Waals surface area (Å²) >= 11 is 0. The Morgan fingerprint density at radius 2 is 2.11 bits per heavy atom. The molecule has 148 valence electrons. The van der Waals surface area contributed by atoms with Crippen molar-refractivity contribution in [3.05, 3.63) is 59.2 Å². The smallest absolute Gasteiger partial charge is 0.270 e. The Bertz CT molecular complexity index is 825. The standard InChI is InChI=1S/C21H26N4O3/c26-19(11-25-6-5-16-3-1-2-4-17(16)10-25)9-22-21(27)20-8-18(23-14-24-20)7-15-12-28-13-15/h1-4,8,14-15,19,26H,5-7,9-13H2,(H,22,27)/t19-/m1/s1. The number of aliphatic hydroxyl groups is 1. The van der Waals surface area contributed by atoms with Gasteiger partial charge in [-0.05, 0) is 30.0 Å². The van der Waals surface area contributed by atoms with Gasteiger partial charge in [-0.15, -0.1) is 0 Å². The third-order valence-electron chi connectivity index (χ3n) is 5.34. The number of benzene rings is 1. The predicted molar refractivity (Wildman–Crippen MR) is 104 cm³/mol. The van der Waals surface area contributed by atoms with Gasteiger partial charge in [0.2, 0.25) is 0 Å². The minimum absolute atomic E-state index is 0.201. The number of aromatic nitrogens is 2. The summed E-state index contributed by atoms with van der Waals surface area (Å²) in [6, 6.07) is 10.1. The quantitative estimate of drug-likeness (QED) is 0.737. The van der Waals surface area contributed by atoms with Gasteiger partial charge in [0, 0.05) is 37.8 Å². The average Bonchev–Trinajstić information content (AvgIpc) is 2.69. The van der Waals surface area contributed by atoms with Crippen molar-refractivity contribution in [3.63, 3.8) is 0 Å². The molecule has 0 bridgehead atoms. The number of fused-ring (bicyclic) bond motifs is 1. The molecule has 2 aromatic rings. The molecular weight excluding hydrogens is 356 g/mol. The van der Waals surface area contributed by atoms with Gasteiger partial charge in [0.15, 0.2) is 0 Å². The molecule has 7 heteroatoms. The van der Waals surface area contributed by atoms with Gasteiger partial charge < -0.3 is 15.2 Å². The van der Waals surface area contributed by atoms with Crippen LogP contribution in [-0.2, 0) is 24.1 Å². The zero-order chi connectivity index (χ0) is 19.3. The number of nitrogens with one attached hydrogen (secondary N) is 1. The fourth-order valence-electron chi connectivity index (χ4n) is 3.71. The maximum Gasteiger partial charge on any atom is 0.270 e. The molecule has 0 unspecified atom stereocenters. The first-order valence-corrected chi connectivity index (χ1v) is 9.81. The Morgan fingerprint density at radius 3 is 2.89 bits per heavy atom. The van der Waals surface area contributed by atoms with E-state index >= 15 is 0 Å². The third-order valence-corrected chi connectivity index (χ3v) is 5.34. The lowest BCUT2D eigenvalue weighted by molar-refractivity contribution is -0.0316. The van der Waals surface area contributed by atoms with Crippen molar-refractivity contribution in [2.75, 3.05) is 32.8 Å². The number of hydrogen-bond donors (Lipinski definition) is 2. The van der Waals surface area contributed by atoms with Crippen LogP contribution in [0.2, 0.25) is 0 Å². The summed E-state index contributed by atoms with van der Waals surface area (Å²) in [5.74, 6) is 0.193. The van der Waals surface area contributed by atoms with E-state index in [-0.39, 0.29) is 12.5 Å². The number of nitrogens with zero attached hydrogens (tertiary/aromatic N) is 3. The molecule has 3 heterocycles. The van der Waals surface area contributed by atoms with E-state index in [0.717, 1.165) is 44.8 Å². The minimum atomic E-state index is -0.623. The molecule has 0 aliphatic carbocycles. The lowest BCUT2D eigenvalue weighted by Gasteiger charge is -2.30. The zero-order valence-corrected chi connectivity index (χ0v) is 15.9. The van der Waals surface area contributed by atoms with Gasteiger partial charge >= 0.3 is 0 Å². The van der Waals surface area contributed by atoms with E-state index in [1.54, 1.807) is 6.07 Å². The van der Waals surface area contributed by atoms with Crippen LogP contribution in [0.15, 0.2) is 36.7 Å². The van der Waals surface area contributed by atoms with Crippen molar-refractivity contribution < 1.29 is 14.6 Å². The molecule has 1 amide bonds. The molecule has 0 saturated carbocycles. The number of hydrogen-bond acceptors (Lipinski definition) is 6. The number of ether oxygens (including phenoxy) is 1. The first-order chi connectivity index (χ1) is 13.7. The molecule has 7 nitrogen and oxygen atoms in total. The molecule has 0 spiro atoms. The Labute approximate surface area is 164 Å². The second-order valence-electron chi connectivity index (χ2n) is 7.62. The zero-order valence-electron chi connectivity index (χ0n) is 15.9. The fourth-order valence-corrected chi connectivity index (χ4v) is 3.71. The highest BCUT2D eigenvalue weighted by Gasteiger charge is 2.21. The summed E-state index contributed by atoms with van der Waals surface area (Å²) < 4.78 is 5.18. The highest BCUT2D eigenvalue weighted by atomic mass is 16.5. The Morgan fingerprint density at radius 1 is 1.29 bits per heavy atom. The van der Waals surface area contributed by atoms with E-state index in [9.17, 15) is 9.90 Å². The molecule has 1 saturated heterocycles. The van der Waals surface area contributed by atoms with Crippen LogP contribution < -0.4 is 5.32 Å². The number of carbonyl (C=O) groups is 1. The van der Waals surface area contributed by atoms with Crippen molar-refractivity contribution in [2.24, 2.45) is 5.92 Å². The van der Waals surface area contributed by atoms with Gasteiger partial charge in [0.1, 0.15) is 12.0 Å². The summed E-state index contributed by atoms with van der Waals surface area (Å²) in [5.41, 5.74) is 3.88. The molecule has 1 fully saturated rings. The SMILES string of the molecule is O=C(NC[C@@H](O)CN1CCc2ccccc2C1)c1cc(CC2COC2)ncn1. The first-order valence-electron chi connectivity index (χ1n) is 9.81. The number of carbonyl (C=O) groups excluding carboxylic acids is 1. The molecule has 2 aliphatic heterocycles. The topological polar surface area (TPSA) is 87.6 Å². The van der Waals surface area contributed by atoms with E-state index in [0.29, 0.717) is 18.2 Å². The summed E-state index contributed by atoms with van der Waals surface area (Å²) in [5, 5.41) is 13.1. The maximum absolute atomic E-state index is 12.4. The van der Waals surface area contributed by atoms with Crippen molar-refractivity contribution in [3.8, 4) is 0 Å². The predicted octanol–water partition coefficient (Wildman–Crippen LogP) is 0.814. The van der Waals surface area contributed by atoms with Crippen molar-refractivity contribution in [1.29, 1.82) is 0 Å². The molecular formula is C21H26N4O3. The summed E-state index contributed by atoms with van der Waals surface area (Å²) in [4.78, 5) is 22.9. The molecule has 4 rings (SSSR count). The van der Waals surface area contributed by atoms with Gasteiger partial charge in [-0.1, -0.05) is 24.3 Å². The van der Waals surface area contributed by atoms with E-state index in [1.807, 2.05) is 6.07 Å². The Balaban J connectivity index is 1.25. The van der Waals surface area contributed by atoms with E-state index in [2.05, 4.69) is 38.4 Å². The molecule has 0 radical (unpaired) electrons. The average molecular weight is 382 g/mol. The summed E-state index contributed by atoms with van der Waals surface area (Å²) in [7, 11) is 0.